The first-order valence-corrected chi connectivity index (χ1v) is 43.7. The van der Waals surface area contributed by atoms with E-state index < -0.39 is 87.6 Å². The van der Waals surface area contributed by atoms with Gasteiger partial charge in [-0.15, -0.1) is 0 Å². The third-order valence-corrected chi connectivity index (χ3v) is 56.6. The molecule has 0 radical (unpaired) electrons. The highest BCUT2D eigenvalue weighted by Crippen LogP contribution is 2.47. The second-order valence-corrected chi connectivity index (χ2v) is 49.0. The fraction of sp³-hybridized carbons (Fsp3) is 0.0588. The first kappa shape index (κ1) is 50.8. The normalized spacial score (nSPS) is 35.9. The number of hydrogen-bond donors (Lipinski definition) is 2. The van der Waals surface area contributed by atoms with Gasteiger partial charge in [0.25, 0.3) is 0 Å². The first-order valence-electron chi connectivity index (χ1n) is 24.7. The van der Waals surface area contributed by atoms with Crippen LogP contribution in [0.1, 0.15) is 0 Å². The second kappa shape index (κ2) is 19.0. The Balaban J connectivity index is 1.31. The molecule has 15 nitrogen and oxygen atoms in total. The van der Waals surface area contributed by atoms with E-state index in [1.54, 1.807) is 6.55 Å². The lowest BCUT2D eigenvalue weighted by Gasteiger charge is -2.60. The highest BCUT2D eigenvalue weighted by atomic mass is 28.6. The molecule has 8 aromatic rings. The van der Waals surface area contributed by atoms with Crippen LogP contribution < -0.4 is 41.5 Å². The maximum Gasteiger partial charge on any atom is 0.515 e. The topological polar surface area (TPSA) is 160 Å². The third-order valence-electron chi connectivity index (χ3n) is 13.5. The molecule has 0 saturated carbocycles. The SMILES string of the molecule is C[Si]1(O)O[Si]2(c3ccccc3)C[Si]3(c4ccccc4)O[Si]4(c5ccccc5)O[Si](C)(O)O[Si]5(c6ccccc6)O[Si](c6ccccc6)(O3)O[Si](c3ccccc3)(O1)O[Si](c1ccccc1)(O5)O[Si](c1ccccc1)(O2)O4. The number of hydrogen-bond acceptors (Lipinski definition) is 15. The van der Waals surface area contributed by atoms with Gasteiger partial charge in [-0.25, -0.2) is 0 Å². The Labute approximate surface area is 450 Å². The molecule has 8 aromatic carbocycles. The standard InChI is InChI=1S/C51H50O15Si10/c1-67(52)54-69(44-27-11-3-12-28-44)43-70(45-29-13-4-14-30-45)59-71(46-31-15-5-16-32-46)56-68(2,53)57-73(48-35-19-7-20-36-48)63-75(60-70,50-39-23-9-24-40-50)62-72(55-67,47-33-17-6-18-34-47)64-76(65-73,51-41-25-10-26-42-51)66-74(58-69,61-71)49-37-21-8-22-38-49/h3-42,52-53H,43H2,1-2H3. The van der Waals surface area contributed by atoms with Gasteiger partial charge >= 0.3 is 87.6 Å². The summed E-state index contributed by atoms with van der Waals surface area (Å²) in [5, 5.41) is 3.69. The van der Waals surface area contributed by atoms with Crippen LogP contribution in [-0.4, -0.2) is 97.1 Å². The quantitative estimate of drug-likeness (QED) is 0.214. The van der Waals surface area contributed by atoms with Crippen LogP contribution in [-0.2, 0) is 53.5 Å². The van der Waals surface area contributed by atoms with Gasteiger partial charge in [-0.1, -0.05) is 243 Å². The summed E-state index contributed by atoms with van der Waals surface area (Å²) in [5.74, 6) is 0. The highest BCUT2D eigenvalue weighted by molar-refractivity contribution is 7.15. The van der Waals surface area contributed by atoms with E-state index in [9.17, 15) is 9.59 Å². The molecule has 6 saturated heterocycles. The number of benzene rings is 8. The minimum absolute atomic E-state index is 0.167. The molecule has 76 heavy (non-hydrogen) atoms. The molecule has 0 aromatic heterocycles. The van der Waals surface area contributed by atoms with Gasteiger partial charge in [-0.3, -0.25) is 0 Å². The third kappa shape index (κ3) is 8.84. The minimum atomic E-state index is -5.20. The van der Waals surface area contributed by atoms with Crippen LogP contribution in [0.2, 0.25) is 18.8 Å². The molecule has 10 atom stereocenters. The van der Waals surface area contributed by atoms with E-state index in [0.717, 1.165) is 0 Å². The van der Waals surface area contributed by atoms with Crippen LogP contribution in [0.15, 0.2) is 243 Å². The van der Waals surface area contributed by atoms with Crippen molar-refractivity contribution >= 4 is 129 Å². The van der Waals surface area contributed by atoms with Crippen molar-refractivity contribution in [3.63, 3.8) is 0 Å². The molecule has 8 bridgehead atoms. The predicted molar refractivity (Wildman–Crippen MR) is 301 cm³/mol. The molecule has 25 heteroatoms. The van der Waals surface area contributed by atoms with Crippen molar-refractivity contribution in [2.75, 3.05) is 0 Å². The van der Waals surface area contributed by atoms with Crippen molar-refractivity contribution in [2.24, 2.45) is 0 Å². The van der Waals surface area contributed by atoms with Crippen molar-refractivity contribution in [2.45, 2.75) is 18.8 Å². The lowest BCUT2D eigenvalue weighted by Crippen LogP contribution is -2.92. The van der Waals surface area contributed by atoms with Gasteiger partial charge in [0.1, 0.15) is 0 Å². The Hall–Kier alpha value is -4.67. The van der Waals surface area contributed by atoms with Crippen LogP contribution in [0.3, 0.4) is 0 Å². The van der Waals surface area contributed by atoms with Crippen LogP contribution in [0.4, 0.5) is 0 Å². The molecule has 6 aliphatic rings. The molecule has 6 aliphatic heterocycles. The van der Waals surface area contributed by atoms with Crippen LogP contribution in [0.5, 0.6) is 0 Å². The van der Waals surface area contributed by atoms with Crippen molar-refractivity contribution in [1.29, 1.82) is 0 Å². The summed E-state index contributed by atoms with van der Waals surface area (Å²) in [6, 6.07) is 74.7. The number of rotatable bonds is 8. The van der Waals surface area contributed by atoms with Crippen molar-refractivity contribution in [3.8, 4) is 0 Å². The average Bonchev–Trinajstić information content (AvgIpc) is 3.47. The van der Waals surface area contributed by atoms with Crippen molar-refractivity contribution < 1.29 is 63.1 Å². The molecule has 6 heterocycles. The maximum absolute atomic E-state index is 13.8. The van der Waals surface area contributed by atoms with Crippen LogP contribution in [0, 0.1) is 0 Å². The lowest BCUT2D eigenvalue weighted by atomic mass is 10.4. The van der Waals surface area contributed by atoms with E-state index in [1.165, 1.54) is 6.55 Å². The fourth-order valence-corrected chi connectivity index (χ4v) is 67.7. The second-order valence-electron chi connectivity index (χ2n) is 19.1. The summed E-state index contributed by atoms with van der Waals surface area (Å²) < 4.78 is 104. The first-order chi connectivity index (χ1) is 36.7. The van der Waals surface area contributed by atoms with Gasteiger partial charge in [0.15, 0.2) is 0 Å². The smallest absolute Gasteiger partial charge is 0.391 e. The molecule has 6 fully saturated rings. The molecule has 14 rings (SSSR count). The van der Waals surface area contributed by atoms with E-state index in [-0.39, 0.29) is 5.67 Å². The average molecular weight is 1180 g/mol. The highest BCUT2D eigenvalue weighted by Gasteiger charge is 2.82. The Bertz CT molecular complexity index is 2870. The van der Waals surface area contributed by atoms with Gasteiger partial charge in [-0.2, -0.15) is 0 Å². The summed E-state index contributed by atoms with van der Waals surface area (Å²) in [6.45, 7) is 3.08. The summed E-state index contributed by atoms with van der Waals surface area (Å²) in [7, 11) is -49.8. The van der Waals surface area contributed by atoms with E-state index in [4.69, 9.17) is 53.5 Å². The molecule has 0 spiro atoms. The Kier molecular flexibility index (Phi) is 12.7. The Morgan fingerprint density at radius 1 is 0.224 bits per heavy atom. The van der Waals surface area contributed by atoms with Gasteiger partial charge in [0.05, 0.1) is 0 Å². The van der Waals surface area contributed by atoms with Crippen molar-refractivity contribution in [1.82, 2.24) is 0 Å². The largest absolute Gasteiger partial charge is 0.515 e. The van der Waals surface area contributed by atoms with Gasteiger partial charge < -0.3 is 63.1 Å². The fourth-order valence-electron chi connectivity index (χ4n) is 10.4. The Morgan fingerprint density at radius 3 is 0.645 bits per heavy atom. The molecule has 0 amide bonds. The molecular formula is C51H50O15Si10. The predicted octanol–water partition coefficient (Wildman–Crippen LogP) is 2.71. The van der Waals surface area contributed by atoms with Gasteiger partial charge in [0.2, 0.25) is 0 Å². The van der Waals surface area contributed by atoms with Crippen molar-refractivity contribution in [3.05, 3.63) is 243 Å². The molecule has 0 aliphatic carbocycles. The minimum Gasteiger partial charge on any atom is -0.391 e. The Morgan fingerprint density at radius 2 is 0.395 bits per heavy atom. The summed E-state index contributed by atoms with van der Waals surface area (Å²) in [5.41, 5.74) is -0.167. The zero-order valence-electron chi connectivity index (χ0n) is 41.0. The summed E-state index contributed by atoms with van der Waals surface area (Å²) >= 11 is 0. The molecule has 384 valence electrons. The van der Waals surface area contributed by atoms with Gasteiger partial charge in [0, 0.05) is 49.9 Å². The van der Waals surface area contributed by atoms with Crippen LogP contribution >= 0.6 is 0 Å². The summed E-state index contributed by atoms with van der Waals surface area (Å²) in [6.07, 6.45) is 0. The van der Waals surface area contributed by atoms with E-state index >= 15 is 0 Å². The lowest BCUT2D eigenvalue weighted by molar-refractivity contribution is 0.0382. The zero-order chi connectivity index (χ0) is 51.8. The van der Waals surface area contributed by atoms with E-state index in [0.29, 0.717) is 41.5 Å². The maximum atomic E-state index is 13.8. The molecule has 10 unspecified atom stereocenters. The zero-order valence-corrected chi connectivity index (χ0v) is 51.0. The van der Waals surface area contributed by atoms with Crippen LogP contribution in [0.25, 0.3) is 0 Å². The number of fused-ring (bicyclic) bond motifs is 4. The molecule has 2 N–H and O–H groups in total. The summed E-state index contributed by atoms with van der Waals surface area (Å²) in [4.78, 5) is 27.5. The van der Waals surface area contributed by atoms with E-state index in [1.807, 2.05) is 243 Å². The monoisotopic (exact) mass is 1180 g/mol. The molecular weight excluding hydrogens is 1130 g/mol. The van der Waals surface area contributed by atoms with E-state index in [2.05, 4.69) is 0 Å². The van der Waals surface area contributed by atoms with Gasteiger partial charge in [-0.05, 0) is 10.4 Å².